The average Bonchev–Trinajstić information content (AvgIpc) is 3.26. The molecule has 11 heteroatoms. The second-order valence-electron chi connectivity index (χ2n) is 11.3. The highest BCUT2D eigenvalue weighted by Gasteiger charge is 2.50. The number of amides is 2. The van der Waals surface area contributed by atoms with Crippen LogP contribution in [-0.2, 0) is 31.7 Å². The number of likely N-dealkylation sites (tertiary alicyclic amines) is 1. The summed E-state index contributed by atoms with van der Waals surface area (Å²) in [6.07, 6.45) is -2.62. The molecule has 9 nitrogen and oxygen atoms in total. The molecule has 216 valence electrons. The van der Waals surface area contributed by atoms with E-state index < -0.39 is 56.2 Å². The van der Waals surface area contributed by atoms with Crippen LogP contribution in [0.1, 0.15) is 52.2 Å². The van der Waals surface area contributed by atoms with Crippen LogP contribution in [0.4, 0.5) is 9.18 Å². The molecule has 40 heavy (non-hydrogen) atoms. The van der Waals surface area contributed by atoms with Gasteiger partial charge in [-0.25, -0.2) is 17.6 Å². The molecule has 0 unspecified atom stereocenters. The van der Waals surface area contributed by atoms with Crippen molar-refractivity contribution in [2.24, 2.45) is 0 Å². The molecule has 1 aliphatic rings. The Bertz CT molecular complexity index is 1330. The van der Waals surface area contributed by atoms with Crippen molar-refractivity contribution < 1.29 is 31.9 Å². The number of sulfone groups is 1. The Kier molecular flexibility index (Phi) is 9.46. The molecule has 0 radical (unpaired) electrons. The Morgan fingerprint density at radius 2 is 1.70 bits per heavy atom. The number of benzene rings is 2. The van der Waals surface area contributed by atoms with Crippen molar-refractivity contribution in [3.63, 3.8) is 0 Å². The maximum absolute atomic E-state index is 14.1. The highest BCUT2D eigenvalue weighted by Crippen LogP contribution is 2.30. The lowest BCUT2D eigenvalue weighted by atomic mass is 10.0. The summed E-state index contributed by atoms with van der Waals surface area (Å²) in [5.41, 5.74) is 0.515. The van der Waals surface area contributed by atoms with E-state index in [1.165, 1.54) is 13.8 Å². The quantitative estimate of drug-likeness (QED) is 0.474. The van der Waals surface area contributed by atoms with Gasteiger partial charge in [0.05, 0.1) is 23.1 Å². The molecule has 0 bridgehead atoms. The Morgan fingerprint density at radius 1 is 1.07 bits per heavy atom. The van der Waals surface area contributed by atoms with Crippen LogP contribution in [0.25, 0.3) is 0 Å². The van der Waals surface area contributed by atoms with Crippen molar-refractivity contribution in [2.75, 3.05) is 6.54 Å². The van der Waals surface area contributed by atoms with Crippen LogP contribution in [0.5, 0.6) is 5.75 Å². The number of ether oxygens (including phenoxy) is 2. The number of nitrogens with one attached hydrogen (secondary N) is 1. The van der Waals surface area contributed by atoms with E-state index in [4.69, 9.17) is 9.47 Å². The lowest BCUT2D eigenvalue weighted by molar-refractivity contribution is -0.134. The maximum atomic E-state index is 14.1. The molecule has 1 aliphatic heterocycles. The van der Waals surface area contributed by atoms with Crippen molar-refractivity contribution in [1.29, 1.82) is 5.26 Å². The normalized spacial score (nSPS) is 18.5. The predicted molar refractivity (Wildman–Crippen MR) is 148 cm³/mol. The SMILES string of the molecule is CC(C)(C)OC(=O)N[C@H](C(=O)N1C[C@@H](F)C[C@H]1C#N)C(C)(C)S(=O)(=O)Cc1ccc(OCc2ccccc2)cc1. The summed E-state index contributed by atoms with van der Waals surface area (Å²) in [5, 5.41) is 11.9. The summed E-state index contributed by atoms with van der Waals surface area (Å²) in [5.74, 6) is -0.747. The van der Waals surface area contributed by atoms with Crippen molar-refractivity contribution in [1.82, 2.24) is 10.2 Å². The fraction of sp³-hybridized carbons (Fsp3) is 0.483. The third-order valence-electron chi connectivity index (χ3n) is 6.62. The first kappa shape index (κ1) is 30.9. The zero-order valence-corrected chi connectivity index (χ0v) is 24.2. The summed E-state index contributed by atoms with van der Waals surface area (Å²) in [6, 6.07) is 15.3. The first-order chi connectivity index (χ1) is 18.6. The van der Waals surface area contributed by atoms with Crippen LogP contribution in [-0.4, -0.2) is 60.5 Å². The Morgan fingerprint density at radius 3 is 2.27 bits per heavy atom. The smallest absolute Gasteiger partial charge is 0.408 e. The minimum absolute atomic E-state index is 0.187. The van der Waals surface area contributed by atoms with E-state index in [9.17, 15) is 27.7 Å². The Balaban J connectivity index is 1.82. The van der Waals surface area contributed by atoms with Crippen molar-refractivity contribution in [2.45, 2.75) is 82.0 Å². The number of halogens is 1. The van der Waals surface area contributed by atoms with Gasteiger partial charge in [0.15, 0.2) is 9.84 Å². The average molecular weight is 574 g/mol. The molecule has 2 aromatic rings. The first-order valence-corrected chi connectivity index (χ1v) is 14.6. The molecule has 0 aliphatic carbocycles. The zero-order valence-electron chi connectivity index (χ0n) is 23.4. The number of carbonyl (C=O) groups excluding carboxylic acids is 2. The van der Waals surface area contributed by atoms with E-state index in [1.807, 2.05) is 36.4 Å². The van der Waals surface area contributed by atoms with Gasteiger partial charge in [0.1, 0.15) is 36.2 Å². The van der Waals surface area contributed by atoms with E-state index in [2.05, 4.69) is 5.32 Å². The summed E-state index contributed by atoms with van der Waals surface area (Å²) < 4.78 is 50.8. The van der Waals surface area contributed by atoms with Gasteiger partial charge in [-0.15, -0.1) is 0 Å². The molecule has 1 N–H and O–H groups in total. The first-order valence-electron chi connectivity index (χ1n) is 12.9. The largest absolute Gasteiger partial charge is 0.489 e. The lowest BCUT2D eigenvalue weighted by Gasteiger charge is -2.36. The number of alkyl halides is 1. The van der Waals surface area contributed by atoms with Crippen molar-refractivity contribution >= 4 is 21.8 Å². The third kappa shape index (κ3) is 7.72. The third-order valence-corrected chi connectivity index (χ3v) is 9.17. The standard InChI is InChI=1S/C29H36FN3O6S/c1-28(2,3)39-27(35)32-25(26(34)33-17-22(30)15-23(33)16-31)29(4,5)40(36,37)19-21-11-13-24(14-12-21)38-18-20-9-7-6-8-10-20/h6-14,22-23,25H,15,17-19H2,1-5H3,(H,32,35)/t22-,23-,25+/m0/s1. The van der Waals surface area contributed by atoms with Gasteiger partial charge in [0.25, 0.3) is 0 Å². The fourth-order valence-corrected chi connectivity index (χ4v) is 5.80. The molecule has 0 spiro atoms. The molecule has 1 saturated heterocycles. The second-order valence-corrected chi connectivity index (χ2v) is 13.9. The van der Waals surface area contributed by atoms with Gasteiger partial charge in [0, 0.05) is 6.42 Å². The molecular formula is C29H36FN3O6S. The minimum atomic E-state index is -4.12. The molecule has 2 amide bonds. The number of hydrogen-bond donors (Lipinski definition) is 1. The summed E-state index contributed by atoms with van der Waals surface area (Å²) >= 11 is 0. The van der Waals surface area contributed by atoms with E-state index >= 15 is 0 Å². The predicted octanol–water partition coefficient (Wildman–Crippen LogP) is 4.31. The van der Waals surface area contributed by atoms with Crippen LogP contribution in [0.3, 0.4) is 0 Å². The zero-order chi connectivity index (χ0) is 29.7. The molecule has 3 rings (SSSR count). The lowest BCUT2D eigenvalue weighted by Crippen LogP contribution is -2.62. The van der Waals surface area contributed by atoms with Crippen LogP contribution in [0.2, 0.25) is 0 Å². The molecule has 3 atom stereocenters. The summed E-state index contributed by atoms with van der Waals surface area (Å²) in [7, 11) is -4.12. The highest BCUT2D eigenvalue weighted by molar-refractivity contribution is 7.92. The number of nitriles is 1. The minimum Gasteiger partial charge on any atom is -0.489 e. The van der Waals surface area contributed by atoms with Gasteiger partial charge in [0.2, 0.25) is 5.91 Å². The maximum Gasteiger partial charge on any atom is 0.408 e. The van der Waals surface area contributed by atoms with Crippen molar-refractivity contribution in [3.05, 3.63) is 65.7 Å². The molecule has 1 heterocycles. The molecule has 2 aromatic carbocycles. The van der Waals surface area contributed by atoms with Crippen molar-refractivity contribution in [3.8, 4) is 11.8 Å². The van der Waals surface area contributed by atoms with Gasteiger partial charge < -0.3 is 19.7 Å². The summed E-state index contributed by atoms with van der Waals surface area (Å²) in [6.45, 7) is 7.50. The van der Waals surface area contributed by atoms with Crippen LogP contribution >= 0.6 is 0 Å². The molecule has 1 fully saturated rings. The molecule has 0 saturated carbocycles. The number of hydrogen-bond acceptors (Lipinski definition) is 7. The number of carbonyl (C=O) groups is 2. The van der Waals surface area contributed by atoms with Gasteiger partial charge in [-0.1, -0.05) is 42.5 Å². The van der Waals surface area contributed by atoms with E-state index in [0.29, 0.717) is 17.9 Å². The fourth-order valence-electron chi connectivity index (χ4n) is 4.28. The second kappa shape index (κ2) is 12.3. The Hall–Kier alpha value is -3.65. The number of rotatable bonds is 9. The van der Waals surface area contributed by atoms with E-state index in [1.54, 1.807) is 45.0 Å². The van der Waals surface area contributed by atoms with Crippen LogP contribution in [0.15, 0.2) is 54.6 Å². The highest BCUT2D eigenvalue weighted by atomic mass is 32.2. The molecular weight excluding hydrogens is 537 g/mol. The van der Waals surface area contributed by atoms with Gasteiger partial charge in [-0.2, -0.15) is 5.26 Å². The van der Waals surface area contributed by atoms with Gasteiger partial charge in [-0.05, 0) is 57.9 Å². The van der Waals surface area contributed by atoms with E-state index in [0.717, 1.165) is 10.5 Å². The van der Waals surface area contributed by atoms with Gasteiger partial charge in [-0.3, -0.25) is 4.79 Å². The monoisotopic (exact) mass is 573 g/mol. The Labute approximate surface area is 235 Å². The summed E-state index contributed by atoms with van der Waals surface area (Å²) in [4.78, 5) is 27.3. The molecule has 0 aromatic heterocycles. The van der Waals surface area contributed by atoms with Gasteiger partial charge >= 0.3 is 6.09 Å². The topological polar surface area (TPSA) is 126 Å². The van der Waals surface area contributed by atoms with E-state index in [-0.39, 0.29) is 13.0 Å². The van der Waals surface area contributed by atoms with Crippen LogP contribution in [0, 0.1) is 11.3 Å². The number of nitrogens with zero attached hydrogens (tertiary/aromatic N) is 2. The van der Waals surface area contributed by atoms with Crippen LogP contribution < -0.4 is 10.1 Å². The number of alkyl carbamates (subject to hydrolysis) is 1.